The van der Waals surface area contributed by atoms with Crippen molar-refractivity contribution in [2.45, 2.75) is 25.4 Å². The van der Waals surface area contributed by atoms with Gasteiger partial charge in [0.25, 0.3) is 11.8 Å². The van der Waals surface area contributed by atoms with Crippen LogP contribution in [-0.2, 0) is 14.4 Å². The van der Waals surface area contributed by atoms with Gasteiger partial charge >= 0.3 is 0 Å². The molecule has 1 aliphatic heterocycles. The monoisotopic (exact) mass is 554 g/mol. The molecule has 7 heteroatoms. The highest BCUT2D eigenvalue weighted by Gasteiger charge is 2.46. The van der Waals surface area contributed by atoms with Crippen molar-refractivity contribution in [2.75, 3.05) is 11.5 Å². The first-order chi connectivity index (χ1) is 16.0. The number of nitrogens with zero attached hydrogens (tertiary/aromatic N) is 2. The van der Waals surface area contributed by atoms with Crippen molar-refractivity contribution in [3.05, 3.63) is 94.1 Å². The fourth-order valence-electron chi connectivity index (χ4n) is 3.98. The van der Waals surface area contributed by atoms with Crippen LogP contribution in [0.1, 0.15) is 24.9 Å². The van der Waals surface area contributed by atoms with Crippen molar-refractivity contribution in [1.82, 2.24) is 4.90 Å². The van der Waals surface area contributed by atoms with Gasteiger partial charge in [-0.05, 0) is 71.5 Å². The Balaban J connectivity index is 1.62. The van der Waals surface area contributed by atoms with Crippen LogP contribution >= 0.6 is 22.6 Å². The lowest BCUT2D eigenvalue weighted by Gasteiger charge is -2.33. The van der Waals surface area contributed by atoms with Gasteiger partial charge < -0.3 is 9.64 Å². The quantitative estimate of drug-likeness (QED) is 0.317. The molecule has 0 radical (unpaired) electrons. The molecule has 0 aliphatic carbocycles. The molecule has 4 rings (SSSR count). The summed E-state index contributed by atoms with van der Waals surface area (Å²) in [6.07, 6.45) is -0.0704. The van der Waals surface area contributed by atoms with Gasteiger partial charge in [0.2, 0.25) is 5.91 Å². The van der Waals surface area contributed by atoms with Gasteiger partial charge in [-0.1, -0.05) is 48.5 Å². The zero-order valence-electron chi connectivity index (χ0n) is 18.1. The van der Waals surface area contributed by atoms with Gasteiger partial charge in [0.05, 0.1) is 18.2 Å². The van der Waals surface area contributed by atoms with Crippen LogP contribution in [-0.4, -0.2) is 35.3 Å². The SMILES string of the molecule is CC(c1ccccc1)N(C(=O)COc1ccccc1)C1CC(=O)N(c2ccc(I)cc2)C1=O. The van der Waals surface area contributed by atoms with E-state index < -0.39 is 18.0 Å². The predicted molar refractivity (Wildman–Crippen MR) is 134 cm³/mol. The number of carbonyl (C=O) groups excluding carboxylic acids is 3. The lowest BCUT2D eigenvalue weighted by molar-refractivity contribution is -0.142. The number of halogens is 1. The summed E-state index contributed by atoms with van der Waals surface area (Å²) in [7, 11) is 0. The molecule has 1 saturated heterocycles. The van der Waals surface area contributed by atoms with Gasteiger partial charge in [0.1, 0.15) is 11.8 Å². The summed E-state index contributed by atoms with van der Waals surface area (Å²) < 4.78 is 6.68. The number of ether oxygens (including phenoxy) is 1. The molecule has 1 fully saturated rings. The second-order valence-electron chi connectivity index (χ2n) is 7.75. The normalized spacial score (nSPS) is 16.5. The fraction of sp³-hybridized carbons (Fsp3) is 0.192. The number of imide groups is 1. The second kappa shape index (κ2) is 10.2. The topological polar surface area (TPSA) is 66.9 Å². The number of para-hydroxylation sites is 1. The van der Waals surface area contributed by atoms with E-state index in [0.717, 1.165) is 9.13 Å². The number of hydrogen-bond acceptors (Lipinski definition) is 4. The van der Waals surface area contributed by atoms with Crippen LogP contribution in [0.5, 0.6) is 5.75 Å². The van der Waals surface area contributed by atoms with Crippen LogP contribution in [0.2, 0.25) is 0 Å². The minimum absolute atomic E-state index is 0.0704. The molecule has 1 aliphatic rings. The predicted octanol–water partition coefficient (Wildman–Crippen LogP) is 4.59. The van der Waals surface area contributed by atoms with Gasteiger partial charge in [-0.25, -0.2) is 4.90 Å². The van der Waals surface area contributed by atoms with Crippen molar-refractivity contribution < 1.29 is 19.1 Å². The van der Waals surface area contributed by atoms with Gasteiger partial charge in [-0.2, -0.15) is 0 Å². The largest absolute Gasteiger partial charge is 0.484 e. The Labute approximate surface area is 206 Å². The van der Waals surface area contributed by atoms with Crippen molar-refractivity contribution in [1.29, 1.82) is 0 Å². The Morgan fingerprint density at radius 3 is 2.24 bits per heavy atom. The van der Waals surface area contributed by atoms with Gasteiger partial charge in [0, 0.05) is 3.57 Å². The Kier molecular flexibility index (Phi) is 7.08. The van der Waals surface area contributed by atoms with E-state index in [0.29, 0.717) is 11.4 Å². The average molecular weight is 554 g/mol. The van der Waals surface area contributed by atoms with E-state index in [2.05, 4.69) is 22.6 Å². The van der Waals surface area contributed by atoms with Crippen LogP contribution in [0.3, 0.4) is 0 Å². The summed E-state index contributed by atoms with van der Waals surface area (Å²) in [6.45, 7) is 1.63. The van der Waals surface area contributed by atoms with Crippen molar-refractivity contribution in [3.8, 4) is 5.75 Å². The summed E-state index contributed by atoms with van der Waals surface area (Å²) in [5, 5.41) is 0. The summed E-state index contributed by atoms with van der Waals surface area (Å²) in [5.41, 5.74) is 1.38. The van der Waals surface area contributed by atoms with E-state index in [1.165, 1.54) is 9.80 Å². The molecule has 0 saturated carbocycles. The first-order valence-corrected chi connectivity index (χ1v) is 11.7. The number of benzene rings is 3. The molecular formula is C26H23IN2O4. The van der Waals surface area contributed by atoms with Crippen molar-refractivity contribution in [3.63, 3.8) is 0 Å². The Morgan fingerprint density at radius 2 is 1.61 bits per heavy atom. The number of amides is 3. The summed E-state index contributed by atoms with van der Waals surface area (Å²) in [6, 6.07) is 24.3. The zero-order chi connectivity index (χ0) is 23.4. The molecule has 3 aromatic rings. The first-order valence-electron chi connectivity index (χ1n) is 10.6. The molecule has 6 nitrogen and oxygen atoms in total. The van der Waals surface area contributed by atoms with Crippen LogP contribution in [0.4, 0.5) is 5.69 Å². The zero-order valence-corrected chi connectivity index (χ0v) is 20.2. The molecule has 0 N–H and O–H groups in total. The highest BCUT2D eigenvalue weighted by Crippen LogP contribution is 2.31. The van der Waals surface area contributed by atoms with Crippen LogP contribution in [0, 0.1) is 3.57 Å². The first kappa shape index (κ1) is 23.0. The standard InChI is InChI=1S/C26H23IN2O4/c1-18(19-8-4-2-5-9-19)28(25(31)17-33-22-10-6-3-7-11-22)23-16-24(30)29(26(23)32)21-14-12-20(27)13-15-21/h2-15,18,23H,16-17H2,1H3. The average Bonchev–Trinajstić information content (AvgIpc) is 3.13. The molecular weight excluding hydrogens is 531 g/mol. The van der Waals surface area contributed by atoms with Crippen LogP contribution in [0.15, 0.2) is 84.9 Å². The maximum absolute atomic E-state index is 13.4. The minimum atomic E-state index is -0.904. The van der Waals surface area contributed by atoms with E-state index in [9.17, 15) is 14.4 Å². The number of anilines is 1. The minimum Gasteiger partial charge on any atom is -0.484 e. The third kappa shape index (κ3) is 5.08. The Morgan fingerprint density at radius 1 is 1.00 bits per heavy atom. The van der Waals surface area contributed by atoms with E-state index >= 15 is 0 Å². The molecule has 168 valence electrons. The molecule has 3 amide bonds. The Bertz CT molecular complexity index is 1140. The summed E-state index contributed by atoms with van der Waals surface area (Å²) >= 11 is 2.17. The third-order valence-corrected chi connectivity index (χ3v) is 6.36. The van der Waals surface area contributed by atoms with E-state index in [4.69, 9.17) is 4.74 Å². The van der Waals surface area contributed by atoms with Crippen LogP contribution < -0.4 is 9.64 Å². The number of hydrogen-bond donors (Lipinski definition) is 0. The molecule has 0 bridgehead atoms. The van der Waals surface area contributed by atoms with Gasteiger partial charge in [0.15, 0.2) is 6.61 Å². The molecule has 2 atom stereocenters. The summed E-state index contributed by atoms with van der Waals surface area (Å²) in [5.74, 6) is -0.524. The lowest BCUT2D eigenvalue weighted by atomic mass is 10.0. The molecule has 0 spiro atoms. The maximum atomic E-state index is 13.4. The third-order valence-electron chi connectivity index (χ3n) is 5.64. The van der Waals surface area contributed by atoms with Crippen molar-refractivity contribution in [2.24, 2.45) is 0 Å². The van der Waals surface area contributed by atoms with E-state index in [-0.39, 0.29) is 24.8 Å². The van der Waals surface area contributed by atoms with Gasteiger partial charge in [-0.15, -0.1) is 0 Å². The lowest BCUT2D eigenvalue weighted by Crippen LogP contribution is -2.48. The highest BCUT2D eigenvalue weighted by molar-refractivity contribution is 14.1. The number of carbonyl (C=O) groups is 3. The van der Waals surface area contributed by atoms with E-state index in [1.807, 2.05) is 67.6 Å². The highest BCUT2D eigenvalue weighted by atomic mass is 127. The van der Waals surface area contributed by atoms with Crippen molar-refractivity contribution >= 4 is 46.0 Å². The van der Waals surface area contributed by atoms with E-state index in [1.54, 1.807) is 24.3 Å². The van der Waals surface area contributed by atoms with Crippen LogP contribution in [0.25, 0.3) is 0 Å². The molecule has 3 aromatic carbocycles. The Hall–Kier alpha value is -3.20. The molecule has 2 unspecified atom stereocenters. The molecule has 33 heavy (non-hydrogen) atoms. The van der Waals surface area contributed by atoms with Gasteiger partial charge in [-0.3, -0.25) is 14.4 Å². The molecule has 1 heterocycles. The maximum Gasteiger partial charge on any atom is 0.261 e. The smallest absolute Gasteiger partial charge is 0.261 e. The molecule has 0 aromatic heterocycles. The fourth-order valence-corrected chi connectivity index (χ4v) is 4.34. The second-order valence-corrected chi connectivity index (χ2v) is 9.00. The summed E-state index contributed by atoms with van der Waals surface area (Å²) in [4.78, 5) is 42.4. The number of rotatable bonds is 7.